The Balaban J connectivity index is 0.000000238. The molecule has 4 heterocycles. The fraction of sp³-hybridized carbons (Fsp3) is 0.784. The number of rotatable bonds is 8. The Morgan fingerprint density at radius 1 is 0.667 bits per heavy atom. The molecule has 286 valence electrons. The maximum atomic E-state index is 13.2. The van der Waals surface area contributed by atoms with E-state index >= 15 is 0 Å². The summed E-state index contributed by atoms with van der Waals surface area (Å²) in [7, 11) is -0.799. The van der Waals surface area contributed by atoms with Crippen LogP contribution >= 0.6 is 0 Å². The van der Waals surface area contributed by atoms with E-state index in [0.29, 0.717) is 13.1 Å². The highest BCUT2D eigenvalue weighted by molar-refractivity contribution is 6.45. The molecular formula is C37H68B2N8O4. The van der Waals surface area contributed by atoms with Gasteiger partial charge in [-0.15, -0.1) is 0 Å². The van der Waals surface area contributed by atoms with Crippen LogP contribution in [-0.2, 0) is 16.1 Å². The predicted molar refractivity (Wildman–Crippen MR) is 208 cm³/mol. The molecule has 1 aromatic rings. The molecule has 0 radical (unpaired) electrons. The zero-order valence-corrected chi connectivity index (χ0v) is 33.1. The first kappa shape index (κ1) is 41.7. The molecule has 1 aromatic carbocycles. The molecule has 12 nitrogen and oxygen atoms in total. The minimum absolute atomic E-state index is 0.0377. The van der Waals surface area contributed by atoms with Crippen LogP contribution in [0.5, 0.6) is 0 Å². The smallest absolute Gasteiger partial charge is 0.376 e. The zero-order chi connectivity index (χ0) is 37.3. The topological polar surface area (TPSA) is 109 Å². The summed E-state index contributed by atoms with van der Waals surface area (Å²) in [6.07, 6.45) is 0. The van der Waals surface area contributed by atoms with Crippen LogP contribution in [0.15, 0.2) is 30.3 Å². The average molecular weight is 711 g/mol. The molecule has 0 bridgehead atoms. The van der Waals surface area contributed by atoms with E-state index in [1.165, 1.54) is 5.56 Å². The molecular weight excluding hydrogens is 642 g/mol. The van der Waals surface area contributed by atoms with Crippen LogP contribution in [0, 0.1) is 10.8 Å². The molecule has 4 aliphatic rings. The summed E-state index contributed by atoms with van der Waals surface area (Å²) in [5.41, 5.74) is 1.46. The van der Waals surface area contributed by atoms with Crippen LogP contribution in [-0.4, -0.2) is 187 Å². The second-order valence-corrected chi connectivity index (χ2v) is 17.3. The summed E-state index contributed by atoms with van der Waals surface area (Å²) < 4.78 is 0. The van der Waals surface area contributed by atoms with E-state index in [1.54, 1.807) is 6.82 Å². The molecule has 2 amide bonds. The Labute approximate surface area is 309 Å². The highest BCUT2D eigenvalue weighted by Crippen LogP contribution is 2.29. The number of carbonyl (C=O) groups excluding carboxylic acids is 2. The summed E-state index contributed by atoms with van der Waals surface area (Å²) in [6, 6.07) is 11.1. The number of hydrogen-bond donors (Lipinski definition) is 3. The minimum Gasteiger partial charge on any atom is -0.437 e. The van der Waals surface area contributed by atoms with Crippen LogP contribution in [0.4, 0.5) is 0 Å². The van der Waals surface area contributed by atoms with E-state index in [0.717, 1.165) is 98.2 Å². The van der Waals surface area contributed by atoms with Gasteiger partial charge in [-0.25, -0.2) is 0 Å². The van der Waals surface area contributed by atoms with Gasteiger partial charge in [0.15, 0.2) is 0 Å². The highest BCUT2D eigenvalue weighted by atomic mass is 16.2. The monoisotopic (exact) mass is 711 g/mol. The van der Waals surface area contributed by atoms with E-state index in [2.05, 4.69) is 107 Å². The van der Waals surface area contributed by atoms with E-state index in [1.807, 2.05) is 11.6 Å². The maximum Gasteiger partial charge on any atom is 0.376 e. The van der Waals surface area contributed by atoms with E-state index in [9.17, 15) is 19.6 Å². The molecule has 0 saturated carbocycles. The van der Waals surface area contributed by atoms with Crippen molar-refractivity contribution in [3.63, 3.8) is 0 Å². The first-order chi connectivity index (χ1) is 24.0. The Morgan fingerprint density at radius 2 is 1.12 bits per heavy atom. The number of amides is 2. The molecule has 51 heavy (non-hydrogen) atoms. The standard InChI is InChI=1S/C22H37BN4O2.C15H31BN4O2/c1-22(2,3)20-17-25(16-19-8-6-5-7-9-19)12-15-27(20)21(28)18-24-10-13-26(14-11-24)23(4)29;1-15(2,3)13-11-17-5-6-20(13)14(21)12-18-7-9-19(10-8-18)16(4)22/h5-9,20,29H,10-18H2,1-4H3;13,17,22H,5-12H2,1-4H3/t20-;13-/m11/s1. The van der Waals surface area contributed by atoms with Gasteiger partial charge in [0.2, 0.25) is 11.8 Å². The number of nitrogens with zero attached hydrogens (tertiary/aromatic N) is 7. The van der Waals surface area contributed by atoms with Crippen molar-refractivity contribution < 1.29 is 19.6 Å². The van der Waals surface area contributed by atoms with Gasteiger partial charge in [0.1, 0.15) is 0 Å². The first-order valence-corrected chi connectivity index (χ1v) is 19.4. The van der Waals surface area contributed by atoms with E-state index in [-0.39, 0.29) is 34.7 Å². The lowest BCUT2D eigenvalue weighted by molar-refractivity contribution is -0.141. The second kappa shape index (κ2) is 18.8. The van der Waals surface area contributed by atoms with Crippen molar-refractivity contribution in [1.29, 1.82) is 0 Å². The fourth-order valence-electron chi connectivity index (χ4n) is 7.80. The fourth-order valence-corrected chi connectivity index (χ4v) is 7.80. The molecule has 0 spiro atoms. The summed E-state index contributed by atoms with van der Waals surface area (Å²) in [5, 5.41) is 22.7. The third-order valence-electron chi connectivity index (χ3n) is 11.2. The van der Waals surface area contributed by atoms with Crippen LogP contribution in [0.1, 0.15) is 47.1 Å². The summed E-state index contributed by atoms with van der Waals surface area (Å²) in [4.78, 5) is 41.2. The van der Waals surface area contributed by atoms with Gasteiger partial charge in [-0.1, -0.05) is 71.9 Å². The van der Waals surface area contributed by atoms with Crippen LogP contribution in [0.2, 0.25) is 13.6 Å². The van der Waals surface area contributed by atoms with Crippen molar-refractivity contribution in [2.45, 2.75) is 73.8 Å². The van der Waals surface area contributed by atoms with Crippen molar-refractivity contribution >= 4 is 25.9 Å². The molecule has 3 N–H and O–H groups in total. The molecule has 5 rings (SSSR count). The maximum absolute atomic E-state index is 13.2. The van der Waals surface area contributed by atoms with Gasteiger partial charge >= 0.3 is 14.1 Å². The minimum atomic E-state index is -0.407. The summed E-state index contributed by atoms with van der Waals surface area (Å²) >= 11 is 0. The molecule has 0 unspecified atom stereocenters. The lowest BCUT2D eigenvalue weighted by Gasteiger charge is -2.48. The van der Waals surface area contributed by atoms with E-state index in [4.69, 9.17) is 0 Å². The lowest BCUT2D eigenvalue weighted by atomic mass is 9.83. The lowest BCUT2D eigenvalue weighted by Crippen LogP contribution is -2.61. The van der Waals surface area contributed by atoms with E-state index < -0.39 is 14.1 Å². The van der Waals surface area contributed by atoms with Gasteiger partial charge in [0.05, 0.1) is 13.1 Å². The van der Waals surface area contributed by atoms with Gasteiger partial charge in [-0.3, -0.25) is 24.3 Å². The quantitative estimate of drug-likeness (QED) is 0.339. The number of benzene rings is 1. The average Bonchev–Trinajstić information content (AvgIpc) is 3.08. The second-order valence-electron chi connectivity index (χ2n) is 17.3. The molecule has 2 atom stereocenters. The number of hydrogen-bond acceptors (Lipinski definition) is 10. The van der Waals surface area contributed by atoms with Gasteiger partial charge in [0, 0.05) is 110 Å². The van der Waals surface area contributed by atoms with Crippen molar-refractivity contribution in [1.82, 2.24) is 39.4 Å². The zero-order valence-electron chi connectivity index (χ0n) is 33.1. The molecule has 0 aliphatic carbocycles. The normalized spacial score (nSPS) is 23.8. The van der Waals surface area contributed by atoms with Gasteiger partial charge < -0.3 is 34.8 Å². The molecule has 4 aliphatic heterocycles. The van der Waals surface area contributed by atoms with Crippen molar-refractivity contribution in [2.24, 2.45) is 10.8 Å². The van der Waals surface area contributed by atoms with Crippen molar-refractivity contribution in [3.05, 3.63) is 35.9 Å². The Kier molecular flexibility index (Phi) is 15.4. The van der Waals surface area contributed by atoms with Gasteiger partial charge in [-0.2, -0.15) is 0 Å². The molecule has 4 fully saturated rings. The van der Waals surface area contributed by atoms with Crippen molar-refractivity contribution in [3.8, 4) is 0 Å². The molecule has 4 saturated heterocycles. The Bertz CT molecular complexity index is 1220. The SMILES string of the molecule is CB(O)N1CCN(CC(=O)N2CCN(Cc3ccccc3)C[C@@H]2C(C)(C)C)CC1.CB(O)N1CCN(CC(=O)N2CCNC[C@@H]2C(C)(C)C)CC1. The predicted octanol–water partition coefficient (Wildman–Crippen LogP) is 1.03. The molecule has 14 heteroatoms. The van der Waals surface area contributed by atoms with Gasteiger partial charge in [-0.05, 0) is 30.0 Å². The third-order valence-corrected chi connectivity index (χ3v) is 11.2. The summed E-state index contributed by atoms with van der Waals surface area (Å²) in [5.74, 6) is 0.488. The Hall–Kier alpha value is -2.03. The highest BCUT2D eigenvalue weighted by Gasteiger charge is 2.39. The summed E-state index contributed by atoms with van der Waals surface area (Å²) in [6.45, 7) is 30.7. The van der Waals surface area contributed by atoms with Gasteiger partial charge in [0.25, 0.3) is 0 Å². The molecule has 0 aromatic heterocycles. The number of nitrogens with one attached hydrogen (secondary N) is 1. The Morgan fingerprint density at radius 3 is 1.57 bits per heavy atom. The number of carbonyl (C=O) groups is 2. The van der Waals surface area contributed by atoms with Crippen LogP contribution < -0.4 is 5.32 Å². The third kappa shape index (κ3) is 12.5. The number of piperazine rings is 4. The van der Waals surface area contributed by atoms with Crippen LogP contribution in [0.3, 0.4) is 0 Å². The first-order valence-electron chi connectivity index (χ1n) is 19.4. The van der Waals surface area contributed by atoms with Crippen LogP contribution in [0.25, 0.3) is 0 Å². The van der Waals surface area contributed by atoms with Crippen molar-refractivity contribution in [2.75, 3.05) is 105 Å². The largest absolute Gasteiger partial charge is 0.437 e.